The molecule has 0 spiro atoms. The first-order valence-electron chi connectivity index (χ1n) is 8.42. The number of thiophene rings is 1. The van der Waals surface area contributed by atoms with Crippen molar-refractivity contribution < 1.29 is 9.59 Å². The van der Waals surface area contributed by atoms with Gasteiger partial charge in [-0.15, -0.1) is 11.3 Å². The highest BCUT2D eigenvalue weighted by molar-refractivity contribution is 7.11. The minimum absolute atomic E-state index is 0.110. The van der Waals surface area contributed by atoms with Gasteiger partial charge in [-0.05, 0) is 36.1 Å². The molecule has 4 nitrogen and oxygen atoms in total. The third-order valence-corrected chi connectivity index (χ3v) is 5.43. The fourth-order valence-electron chi connectivity index (χ4n) is 3.77. The fourth-order valence-corrected chi connectivity index (χ4v) is 4.53. The molecule has 0 aliphatic carbocycles. The van der Waals surface area contributed by atoms with Gasteiger partial charge in [0.05, 0.1) is 5.57 Å². The molecule has 23 heavy (non-hydrogen) atoms. The van der Waals surface area contributed by atoms with Gasteiger partial charge in [0.1, 0.15) is 5.70 Å². The Bertz CT molecular complexity index is 625. The maximum absolute atomic E-state index is 12.9. The van der Waals surface area contributed by atoms with Crippen molar-refractivity contribution in [1.29, 1.82) is 0 Å². The van der Waals surface area contributed by atoms with Gasteiger partial charge in [-0.2, -0.15) is 0 Å². The summed E-state index contributed by atoms with van der Waals surface area (Å²) in [6.07, 6.45) is 1.97. The largest absolute Gasteiger partial charge is 0.366 e. The third kappa shape index (κ3) is 2.94. The smallest absolute Gasteiger partial charge is 0.277 e. The number of hydrogen-bond acceptors (Lipinski definition) is 4. The fraction of sp³-hybridized carbons (Fsp3) is 0.556. The van der Waals surface area contributed by atoms with Gasteiger partial charge < -0.3 is 4.90 Å². The molecule has 2 atom stereocenters. The van der Waals surface area contributed by atoms with Crippen molar-refractivity contribution in [3.63, 3.8) is 0 Å². The highest BCUT2D eigenvalue weighted by atomic mass is 32.1. The number of hydrogen-bond donors (Lipinski definition) is 0. The van der Waals surface area contributed by atoms with Crippen molar-refractivity contribution in [2.75, 3.05) is 19.6 Å². The maximum Gasteiger partial charge on any atom is 0.277 e. The van der Waals surface area contributed by atoms with Crippen molar-refractivity contribution >= 4 is 28.7 Å². The summed E-state index contributed by atoms with van der Waals surface area (Å²) in [4.78, 5) is 30.3. The zero-order chi connectivity index (χ0) is 16.6. The molecule has 0 bridgehead atoms. The lowest BCUT2D eigenvalue weighted by Crippen LogP contribution is -2.42. The van der Waals surface area contributed by atoms with Crippen LogP contribution in [0.4, 0.5) is 0 Å². The van der Waals surface area contributed by atoms with Crippen LogP contribution < -0.4 is 0 Å². The van der Waals surface area contributed by atoms with E-state index in [4.69, 9.17) is 0 Å². The van der Waals surface area contributed by atoms with Crippen LogP contribution in [-0.2, 0) is 9.59 Å². The van der Waals surface area contributed by atoms with Crippen LogP contribution in [0.5, 0.6) is 0 Å². The molecule has 2 amide bonds. The first-order valence-corrected chi connectivity index (χ1v) is 9.30. The molecule has 0 saturated carbocycles. The molecule has 0 aromatic carbocycles. The summed E-state index contributed by atoms with van der Waals surface area (Å²) in [5.41, 5.74) is 1.24. The van der Waals surface area contributed by atoms with E-state index < -0.39 is 0 Å². The van der Waals surface area contributed by atoms with E-state index in [9.17, 15) is 9.59 Å². The summed E-state index contributed by atoms with van der Waals surface area (Å²) in [6, 6.07) is 3.88. The van der Waals surface area contributed by atoms with Gasteiger partial charge in [-0.25, -0.2) is 0 Å². The van der Waals surface area contributed by atoms with Gasteiger partial charge in [0.15, 0.2) is 0 Å². The number of imide groups is 1. The normalized spacial score (nSPS) is 25.7. The van der Waals surface area contributed by atoms with Crippen LogP contribution in [-0.4, -0.2) is 41.2 Å². The minimum Gasteiger partial charge on any atom is -0.366 e. The Morgan fingerprint density at radius 2 is 1.87 bits per heavy atom. The average Bonchev–Trinajstić information content (AvgIpc) is 3.08. The van der Waals surface area contributed by atoms with Crippen LogP contribution in [0.25, 0.3) is 5.57 Å². The van der Waals surface area contributed by atoms with Crippen molar-refractivity contribution in [1.82, 2.24) is 9.80 Å². The quantitative estimate of drug-likeness (QED) is 0.795. The van der Waals surface area contributed by atoms with E-state index in [0.717, 1.165) is 24.4 Å². The zero-order valence-electron chi connectivity index (χ0n) is 14.0. The van der Waals surface area contributed by atoms with Crippen LogP contribution in [0.15, 0.2) is 23.2 Å². The Morgan fingerprint density at radius 3 is 2.43 bits per heavy atom. The minimum atomic E-state index is -0.125. The van der Waals surface area contributed by atoms with E-state index >= 15 is 0 Å². The number of rotatable bonds is 4. The van der Waals surface area contributed by atoms with E-state index in [0.29, 0.717) is 29.7 Å². The Hall–Kier alpha value is -1.62. The highest BCUT2D eigenvalue weighted by Crippen LogP contribution is 2.36. The lowest BCUT2D eigenvalue weighted by Gasteiger charge is -2.37. The summed E-state index contributed by atoms with van der Waals surface area (Å²) < 4.78 is 0. The second kappa shape index (κ2) is 6.48. The molecule has 2 aliphatic rings. The van der Waals surface area contributed by atoms with Gasteiger partial charge in [0, 0.05) is 24.5 Å². The van der Waals surface area contributed by atoms with Crippen molar-refractivity contribution in [2.24, 2.45) is 11.8 Å². The molecular formula is C18H24N2O2S. The lowest BCUT2D eigenvalue weighted by molar-refractivity contribution is -0.137. The molecule has 3 heterocycles. The van der Waals surface area contributed by atoms with Gasteiger partial charge >= 0.3 is 0 Å². The van der Waals surface area contributed by atoms with Crippen LogP contribution in [0.1, 0.15) is 38.5 Å². The molecule has 2 unspecified atom stereocenters. The predicted octanol–water partition coefficient (Wildman–Crippen LogP) is 3.22. The molecule has 5 heteroatoms. The Labute approximate surface area is 141 Å². The van der Waals surface area contributed by atoms with Crippen LogP contribution >= 0.6 is 11.3 Å². The molecule has 3 rings (SSSR count). The molecule has 124 valence electrons. The van der Waals surface area contributed by atoms with Crippen LogP contribution in [0, 0.1) is 11.8 Å². The molecule has 2 aliphatic heterocycles. The van der Waals surface area contributed by atoms with Crippen molar-refractivity contribution in [3.8, 4) is 0 Å². The number of carbonyl (C=O) groups is 2. The van der Waals surface area contributed by atoms with Crippen molar-refractivity contribution in [3.05, 3.63) is 28.1 Å². The molecule has 0 radical (unpaired) electrons. The standard InChI is InChI=1S/C18H24N2O2S/c1-4-7-20-17(21)15(14-6-5-8-23-14)16(18(20)22)19-10-12(2)9-13(3)11-19/h5-6,8,12-13H,4,7,9-11H2,1-3H3. The van der Waals surface area contributed by atoms with Gasteiger partial charge in [0.2, 0.25) is 0 Å². The van der Waals surface area contributed by atoms with E-state index in [-0.39, 0.29) is 11.8 Å². The number of amides is 2. The molecule has 1 aromatic rings. The first-order chi connectivity index (χ1) is 11.0. The second-order valence-electron chi connectivity index (χ2n) is 6.81. The molecule has 1 aromatic heterocycles. The number of nitrogens with zero attached hydrogens (tertiary/aromatic N) is 2. The predicted molar refractivity (Wildman–Crippen MR) is 92.8 cm³/mol. The summed E-state index contributed by atoms with van der Waals surface area (Å²) in [5.74, 6) is 0.847. The number of likely N-dealkylation sites (tertiary alicyclic amines) is 1. The van der Waals surface area contributed by atoms with Gasteiger partial charge in [-0.1, -0.05) is 26.8 Å². The SMILES string of the molecule is CCCN1C(=O)C(c2cccs2)=C(N2CC(C)CC(C)C2)C1=O. The summed E-state index contributed by atoms with van der Waals surface area (Å²) in [5, 5.41) is 1.96. The van der Waals surface area contributed by atoms with Crippen LogP contribution in [0.3, 0.4) is 0 Å². The average molecular weight is 332 g/mol. The topological polar surface area (TPSA) is 40.6 Å². The van der Waals surface area contributed by atoms with E-state index in [1.165, 1.54) is 22.7 Å². The molecule has 1 fully saturated rings. The highest BCUT2D eigenvalue weighted by Gasteiger charge is 2.42. The van der Waals surface area contributed by atoms with Gasteiger partial charge in [0.25, 0.3) is 11.8 Å². The van der Waals surface area contributed by atoms with E-state index in [1.807, 2.05) is 24.4 Å². The zero-order valence-corrected chi connectivity index (χ0v) is 14.9. The molecule has 0 N–H and O–H groups in total. The summed E-state index contributed by atoms with van der Waals surface area (Å²) >= 11 is 1.53. The molecule has 1 saturated heterocycles. The number of carbonyl (C=O) groups excluding carboxylic acids is 2. The summed E-state index contributed by atoms with van der Waals surface area (Å²) in [6.45, 7) is 8.64. The Kier molecular flexibility index (Phi) is 4.57. The molecular weight excluding hydrogens is 308 g/mol. The van der Waals surface area contributed by atoms with Crippen LogP contribution in [0.2, 0.25) is 0 Å². The van der Waals surface area contributed by atoms with Gasteiger partial charge in [-0.3, -0.25) is 14.5 Å². The Morgan fingerprint density at radius 1 is 1.17 bits per heavy atom. The maximum atomic E-state index is 12.9. The summed E-state index contributed by atoms with van der Waals surface area (Å²) in [7, 11) is 0. The Balaban J connectivity index is 2.04. The number of piperidine rings is 1. The third-order valence-electron chi connectivity index (χ3n) is 4.54. The first kappa shape index (κ1) is 16.2. The van der Waals surface area contributed by atoms with E-state index in [1.54, 1.807) is 0 Å². The van der Waals surface area contributed by atoms with E-state index in [2.05, 4.69) is 18.7 Å². The second-order valence-corrected chi connectivity index (χ2v) is 7.76. The monoisotopic (exact) mass is 332 g/mol. The lowest BCUT2D eigenvalue weighted by atomic mass is 9.91. The van der Waals surface area contributed by atoms with Crippen molar-refractivity contribution in [2.45, 2.75) is 33.6 Å².